The molecule has 0 fully saturated rings. The Morgan fingerprint density at radius 2 is 0.864 bits per heavy atom. The van der Waals surface area contributed by atoms with Crippen LogP contribution < -0.4 is 10.6 Å². The summed E-state index contributed by atoms with van der Waals surface area (Å²) in [5.41, 5.74) is 1.75. The molecule has 242 valence electrons. The molecule has 2 aromatic rings. The molecule has 0 unspecified atom stereocenters. The van der Waals surface area contributed by atoms with Crippen molar-refractivity contribution in [2.24, 2.45) is 0 Å². The summed E-state index contributed by atoms with van der Waals surface area (Å²) < 4.78 is 20.9. The number of unbranched alkanes of at least 4 members (excludes halogenated alkanes) is 1. The molecule has 2 N–H and O–H groups in total. The molecule has 12 heteroatoms. The normalized spacial score (nSPS) is 10.8. The third-order valence-electron chi connectivity index (χ3n) is 6.81. The van der Waals surface area contributed by atoms with Gasteiger partial charge in [-0.25, -0.2) is 19.2 Å². The molecule has 0 aliphatic rings. The Balaban J connectivity index is 1.57. The molecular weight excluding hydrogens is 568 g/mol. The van der Waals surface area contributed by atoms with Gasteiger partial charge in [0.2, 0.25) is 0 Å². The van der Waals surface area contributed by atoms with Crippen LogP contribution in [-0.4, -0.2) is 99.6 Å². The number of ether oxygens (including phenoxy) is 4. The number of carbonyl (C=O) groups is 4. The number of anilines is 2. The van der Waals surface area contributed by atoms with Crippen LogP contribution in [0, 0.1) is 0 Å². The highest BCUT2D eigenvalue weighted by atomic mass is 16.6. The molecule has 0 saturated carbocycles. The highest BCUT2D eigenvalue weighted by molar-refractivity contribution is 5.92. The van der Waals surface area contributed by atoms with Crippen molar-refractivity contribution in [3.05, 3.63) is 59.7 Å². The molecule has 2 amide bonds. The van der Waals surface area contributed by atoms with Gasteiger partial charge >= 0.3 is 24.1 Å². The van der Waals surface area contributed by atoms with Crippen molar-refractivity contribution < 1.29 is 38.1 Å². The lowest BCUT2D eigenvalue weighted by molar-refractivity contribution is 0.0457. The maximum absolute atomic E-state index is 12.2. The molecule has 0 aliphatic heterocycles. The largest absolute Gasteiger partial charge is 0.461 e. The molecule has 0 radical (unpaired) electrons. The summed E-state index contributed by atoms with van der Waals surface area (Å²) in [7, 11) is 0. The average molecular weight is 615 g/mol. The van der Waals surface area contributed by atoms with E-state index in [0.29, 0.717) is 61.6 Å². The smallest absolute Gasteiger partial charge is 0.411 e. The molecule has 0 aromatic heterocycles. The molecule has 2 rings (SSSR count). The molecule has 0 bridgehead atoms. The van der Waals surface area contributed by atoms with Crippen molar-refractivity contribution >= 4 is 35.5 Å². The van der Waals surface area contributed by atoms with Gasteiger partial charge in [0, 0.05) is 24.5 Å². The summed E-state index contributed by atoms with van der Waals surface area (Å²) in [6.45, 7) is 14.1. The molecule has 12 nitrogen and oxygen atoms in total. The number of likely N-dealkylation sites (N-methyl/N-ethyl adjacent to an activating group) is 2. The van der Waals surface area contributed by atoms with Crippen LogP contribution in [0.5, 0.6) is 0 Å². The third kappa shape index (κ3) is 13.9. The molecule has 0 atom stereocenters. The second-order valence-electron chi connectivity index (χ2n) is 9.71. The summed E-state index contributed by atoms with van der Waals surface area (Å²) in [4.78, 5) is 52.8. The number of benzene rings is 2. The first-order valence-electron chi connectivity index (χ1n) is 15.2. The Labute approximate surface area is 260 Å². The zero-order valence-corrected chi connectivity index (χ0v) is 26.3. The van der Waals surface area contributed by atoms with E-state index >= 15 is 0 Å². The number of amides is 2. The minimum atomic E-state index is -0.630. The van der Waals surface area contributed by atoms with Gasteiger partial charge in [-0.3, -0.25) is 10.6 Å². The highest BCUT2D eigenvalue weighted by Gasteiger charge is 2.11. The number of carbonyl (C=O) groups excluding carboxylic acids is 4. The number of rotatable bonds is 19. The van der Waals surface area contributed by atoms with Crippen LogP contribution in [0.3, 0.4) is 0 Å². The SMILES string of the molecule is CCN(CC)CCOC(=O)c1ccc(NC(=O)OCCCCOC(=O)Nc2ccc(C(=O)OCCN(CC)CC)cc2)cc1. The van der Waals surface area contributed by atoms with Gasteiger partial charge in [0.15, 0.2) is 0 Å². The Kier molecular flexibility index (Phi) is 16.9. The lowest BCUT2D eigenvalue weighted by Gasteiger charge is -2.17. The maximum Gasteiger partial charge on any atom is 0.411 e. The van der Waals surface area contributed by atoms with Gasteiger partial charge in [-0.15, -0.1) is 0 Å². The summed E-state index contributed by atoms with van der Waals surface area (Å²) in [5, 5.41) is 5.20. The van der Waals surface area contributed by atoms with Gasteiger partial charge in [0.05, 0.1) is 24.3 Å². The van der Waals surface area contributed by atoms with E-state index in [1.54, 1.807) is 48.5 Å². The predicted molar refractivity (Wildman–Crippen MR) is 168 cm³/mol. The Morgan fingerprint density at radius 1 is 0.523 bits per heavy atom. The van der Waals surface area contributed by atoms with Crippen molar-refractivity contribution in [2.45, 2.75) is 40.5 Å². The van der Waals surface area contributed by atoms with E-state index in [1.165, 1.54) is 0 Å². The quantitative estimate of drug-likeness (QED) is 0.123. The number of hydrogen-bond donors (Lipinski definition) is 2. The van der Waals surface area contributed by atoms with E-state index in [1.807, 2.05) is 0 Å². The van der Waals surface area contributed by atoms with Crippen molar-refractivity contribution in [1.29, 1.82) is 0 Å². The molecule has 0 saturated heterocycles. The van der Waals surface area contributed by atoms with Crippen LogP contribution in [-0.2, 0) is 18.9 Å². The zero-order valence-electron chi connectivity index (χ0n) is 26.3. The van der Waals surface area contributed by atoms with E-state index in [9.17, 15) is 19.2 Å². The number of hydrogen-bond acceptors (Lipinski definition) is 10. The van der Waals surface area contributed by atoms with Crippen molar-refractivity contribution in [2.75, 3.05) is 76.3 Å². The molecule has 0 aliphatic carbocycles. The summed E-state index contributed by atoms with van der Waals surface area (Å²) >= 11 is 0. The van der Waals surface area contributed by atoms with Crippen molar-refractivity contribution in [3.63, 3.8) is 0 Å². The topological polar surface area (TPSA) is 136 Å². The standard InChI is InChI=1S/C32H46N4O8/c1-5-35(6-2)19-23-41-29(37)25-11-15-27(16-12-25)33-31(39)43-21-9-10-22-44-32(40)34-28-17-13-26(14-18-28)30(38)42-24-20-36(7-3)8-4/h11-18H,5-10,19-24H2,1-4H3,(H,33,39)(H,34,40). The van der Waals surface area contributed by atoms with E-state index in [0.717, 1.165) is 26.2 Å². The van der Waals surface area contributed by atoms with E-state index < -0.39 is 24.1 Å². The predicted octanol–water partition coefficient (Wildman–Crippen LogP) is 5.26. The molecule has 0 heterocycles. The van der Waals surface area contributed by atoms with Gasteiger partial charge in [-0.05, 0) is 87.6 Å². The van der Waals surface area contributed by atoms with Gasteiger partial charge in [0.1, 0.15) is 13.2 Å². The van der Waals surface area contributed by atoms with Crippen LogP contribution >= 0.6 is 0 Å². The van der Waals surface area contributed by atoms with Gasteiger partial charge < -0.3 is 28.7 Å². The van der Waals surface area contributed by atoms with E-state index in [-0.39, 0.29) is 13.2 Å². The fourth-order valence-electron chi connectivity index (χ4n) is 4.00. The lowest BCUT2D eigenvalue weighted by Crippen LogP contribution is -2.27. The van der Waals surface area contributed by atoms with Gasteiger partial charge in [0.25, 0.3) is 0 Å². The summed E-state index contributed by atoms with van der Waals surface area (Å²) in [6, 6.07) is 12.7. The monoisotopic (exact) mass is 614 g/mol. The van der Waals surface area contributed by atoms with E-state index in [2.05, 4.69) is 48.1 Å². The van der Waals surface area contributed by atoms with Crippen LogP contribution in [0.4, 0.5) is 21.0 Å². The fraction of sp³-hybridized carbons (Fsp3) is 0.500. The minimum Gasteiger partial charge on any atom is -0.461 e. The third-order valence-corrected chi connectivity index (χ3v) is 6.81. The Hall–Kier alpha value is -4.16. The van der Waals surface area contributed by atoms with Crippen LogP contribution in [0.25, 0.3) is 0 Å². The van der Waals surface area contributed by atoms with Crippen molar-refractivity contribution in [1.82, 2.24) is 9.80 Å². The summed E-state index contributed by atoms with van der Waals surface area (Å²) in [5.74, 6) is -0.835. The lowest BCUT2D eigenvalue weighted by atomic mass is 10.2. The van der Waals surface area contributed by atoms with Gasteiger partial charge in [-0.2, -0.15) is 0 Å². The van der Waals surface area contributed by atoms with Gasteiger partial charge in [-0.1, -0.05) is 27.7 Å². The fourth-order valence-corrected chi connectivity index (χ4v) is 4.00. The number of nitrogens with one attached hydrogen (secondary N) is 2. The molecule has 44 heavy (non-hydrogen) atoms. The molecule has 0 spiro atoms. The second kappa shape index (κ2) is 20.7. The van der Waals surface area contributed by atoms with Crippen molar-refractivity contribution in [3.8, 4) is 0 Å². The van der Waals surface area contributed by atoms with Crippen LogP contribution in [0.2, 0.25) is 0 Å². The molecule has 2 aromatic carbocycles. The zero-order chi connectivity index (χ0) is 32.2. The number of nitrogens with zero attached hydrogens (tertiary/aromatic N) is 2. The Bertz CT molecular complexity index is 1060. The highest BCUT2D eigenvalue weighted by Crippen LogP contribution is 2.13. The Morgan fingerprint density at radius 3 is 1.18 bits per heavy atom. The first kappa shape index (κ1) is 36.0. The first-order chi connectivity index (χ1) is 21.3. The van der Waals surface area contributed by atoms with E-state index in [4.69, 9.17) is 18.9 Å². The number of esters is 2. The summed E-state index contributed by atoms with van der Waals surface area (Å²) in [6.07, 6.45) is -0.280. The van der Waals surface area contributed by atoms with Crippen LogP contribution in [0.15, 0.2) is 48.5 Å². The maximum atomic E-state index is 12.2. The molecular formula is C32H46N4O8. The first-order valence-corrected chi connectivity index (χ1v) is 15.2. The average Bonchev–Trinajstić information content (AvgIpc) is 3.03. The van der Waals surface area contributed by atoms with Crippen LogP contribution in [0.1, 0.15) is 61.3 Å². The minimum absolute atomic E-state index is 0.139. The second-order valence-corrected chi connectivity index (χ2v) is 9.71.